The van der Waals surface area contributed by atoms with Crippen molar-refractivity contribution in [2.24, 2.45) is 0 Å². The fourth-order valence-corrected chi connectivity index (χ4v) is 4.81. The summed E-state index contributed by atoms with van der Waals surface area (Å²) >= 11 is 0. The molecule has 1 aromatic carbocycles. The molecule has 142 valence electrons. The van der Waals surface area contributed by atoms with Crippen molar-refractivity contribution in [1.82, 2.24) is 14.5 Å². The molecule has 26 heavy (non-hydrogen) atoms. The van der Waals surface area contributed by atoms with Gasteiger partial charge in [0.1, 0.15) is 6.04 Å². The second kappa shape index (κ2) is 8.15. The topological polar surface area (TPSA) is 96.0 Å². The first-order chi connectivity index (χ1) is 12.5. The smallest absolute Gasteiger partial charge is 0.267 e. The number of carbonyl (C=O) groups is 2. The van der Waals surface area contributed by atoms with Gasteiger partial charge in [-0.1, -0.05) is 18.2 Å². The Morgan fingerprint density at radius 1 is 1.19 bits per heavy atom. The highest BCUT2D eigenvalue weighted by Gasteiger charge is 2.44. The molecule has 9 heteroatoms. The molecule has 3 rings (SSSR count). The molecule has 2 heterocycles. The SMILES string of the molecule is O=C(NCCN1CCOCC1)C1CCC(=O)N1S(=O)(=O)c1ccccc1. The molecule has 0 saturated carbocycles. The summed E-state index contributed by atoms with van der Waals surface area (Å²) in [5.41, 5.74) is 0. The van der Waals surface area contributed by atoms with Crippen LogP contribution in [0.5, 0.6) is 0 Å². The molecular formula is C17H23N3O5S. The van der Waals surface area contributed by atoms with Crippen LogP contribution in [-0.4, -0.2) is 74.9 Å². The van der Waals surface area contributed by atoms with Crippen LogP contribution < -0.4 is 5.32 Å². The van der Waals surface area contributed by atoms with Crippen LogP contribution in [0.3, 0.4) is 0 Å². The summed E-state index contributed by atoms with van der Waals surface area (Å²) in [5, 5.41) is 2.77. The van der Waals surface area contributed by atoms with Gasteiger partial charge in [-0.15, -0.1) is 0 Å². The Kier molecular flexibility index (Phi) is 5.90. The number of carbonyl (C=O) groups excluding carboxylic acids is 2. The predicted molar refractivity (Wildman–Crippen MR) is 93.8 cm³/mol. The fraction of sp³-hybridized carbons (Fsp3) is 0.529. The van der Waals surface area contributed by atoms with Gasteiger partial charge < -0.3 is 10.1 Å². The van der Waals surface area contributed by atoms with E-state index in [9.17, 15) is 18.0 Å². The molecule has 0 radical (unpaired) electrons. The third-order valence-corrected chi connectivity index (χ3v) is 6.44. The Labute approximate surface area is 153 Å². The van der Waals surface area contributed by atoms with E-state index in [1.807, 2.05) is 0 Å². The van der Waals surface area contributed by atoms with Crippen molar-refractivity contribution in [3.05, 3.63) is 30.3 Å². The van der Waals surface area contributed by atoms with Crippen molar-refractivity contribution < 1.29 is 22.7 Å². The lowest BCUT2D eigenvalue weighted by atomic mass is 10.2. The van der Waals surface area contributed by atoms with Gasteiger partial charge in [0.05, 0.1) is 18.1 Å². The monoisotopic (exact) mass is 381 g/mol. The highest BCUT2D eigenvalue weighted by molar-refractivity contribution is 7.89. The maximum Gasteiger partial charge on any atom is 0.267 e. The number of nitrogens with zero attached hydrogens (tertiary/aromatic N) is 2. The number of sulfonamides is 1. The Bertz CT molecular complexity index is 747. The van der Waals surface area contributed by atoms with Crippen LogP contribution in [0.4, 0.5) is 0 Å². The minimum absolute atomic E-state index is 0.0152. The highest BCUT2D eigenvalue weighted by atomic mass is 32.2. The van der Waals surface area contributed by atoms with Gasteiger partial charge in [0.25, 0.3) is 10.0 Å². The first-order valence-electron chi connectivity index (χ1n) is 8.70. The molecule has 8 nitrogen and oxygen atoms in total. The van der Waals surface area contributed by atoms with Crippen LogP contribution in [0, 0.1) is 0 Å². The first kappa shape index (κ1) is 18.8. The molecule has 1 aromatic rings. The molecule has 1 N–H and O–H groups in total. The van der Waals surface area contributed by atoms with Crippen molar-refractivity contribution in [2.75, 3.05) is 39.4 Å². The minimum Gasteiger partial charge on any atom is -0.379 e. The Balaban J connectivity index is 1.64. The van der Waals surface area contributed by atoms with E-state index >= 15 is 0 Å². The number of nitrogens with one attached hydrogen (secondary N) is 1. The number of ether oxygens (including phenoxy) is 1. The van der Waals surface area contributed by atoms with Crippen LogP contribution in [0.2, 0.25) is 0 Å². The summed E-state index contributed by atoms with van der Waals surface area (Å²) < 4.78 is 31.6. The maximum absolute atomic E-state index is 12.8. The molecule has 2 fully saturated rings. The lowest BCUT2D eigenvalue weighted by Crippen LogP contribution is -2.49. The highest BCUT2D eigenvalue weighted by Crippen LogP contribution is 2.27. The number of hydrogen-bond acceptors (Lipinski definition) is 6. The summed E-state index contributed by atoms with van der Waals surface area (Å²) in [6.07, 6.45) is 0.252. The van der Waals surface area contributed by atoms with Gasteiger partial charge in [0.15, 0.2) is 0 Å². The van der Waals surface area contributed by atoms with Gasteiger partial charge in [-0.05, 0) is 18.6 Å². The second-order valence-corrected chi connectivity index (χ2v) is 8.12. The Morgan fingerprint density at radius 3 is 2.58 bits per heavy atom. The molecule has 2 saturated heterocycles. The summed E-state index contributed by atoms with van der Waals surface area (Å²) in [7, 11) is -4.03. The number of rotatable bonds is 6. The zero-order chi connectivity index (χ0) is 18.6. The van der Waals surface area contributed by atoms with Crippen LogP contribution in [0.15, 0.2) is 35.2 Å². The number of amides is 2. The van der Waals surface area contributed by atoms with Crippen molar-refractivity contribution in [3.8, 4) is 0 Å². The van der Waals surface area contributed by atoms with Crippen molar-refractivity contribution >= 4 is 21.8 Å². The lowest BCUT2D eigenvalue weighted by molar-refractivity contribution is -0.130. The van der Waals surface area contributed by atoms with Crippen LogP contribution >= 0.6 is 0 Å². The summed E-state index contributed by atoms with van der Waals surface area (Å²) in [4.78, 5) is 26.9. The fourth-order valence-electron chi connectivity index (χ4n) is 3.19. The number of hydrogen-bond donors (Lipinski definition) is 1. The summed E-state index contributed by atoms with van der Waals surface area (Å²) in [6.45, 7) is 4.05. The van der Waals surface area contributed by atoms with E-state index in [4.69, 9.17) is 4.74 Å². The largest absolute Gasteiger partial charge is 0.379 e. The standard InChI is InChI=1S/C17H23N3O5S/c21-16-7-6-15(17(22)18-8-9-19-10-12-25-13-11-19)20(16)26(23,24)14-4-2-1-3-5-14/h1-5,15H,6-13H2,(H,18,22). The second-order valence-electron chi connectivity index (χ2n) is 6.31. The molecule has 0 spiro atoms. The molecular weight excluding hydrogens is 358 g/mol. The van der Waals surface area contributed by atoms with Crippen molar-refractivity contribution in [2.45, 2.75) is 23.8 Å². The van der Waals surface area contributed by atoms with Crippen LogP contribution in [0.25, 0.3) is 0 Å². The summed E-state index contributed by atoms with van der Waals surface area (Å²) in [6, 6.07) is 6.73. The molecule has 2 amide bonds. The van der Waals surface area contributed by atoms with Gasteiger partial charge >= 0.3 is 0 Å². The molecule has 2 aliphatic heterocycles. The van der Waals surface area contributed by atoms with Gasteiger partial charge in [-0.25, -0.2) is 12.7 Å². The quantitative estimate of drug-likeness (QED) is 0.734. The molecule has 0 bridgehead atoms. The zero-order valence-corrected chi connectivity index (χ0v) is 15.3. The zero-order valence-electron chi connectivity index (χ0n) is 14.5. The molecule has 0 aromatic heterocycles. The van der Waals surface area contributed by atoms with E-state index in [-0.39, 0.29) is 17.7 Å². The van der Waals surface area contributed by atoms with Crippen molar-refractivity contribution in [1.29, 1.82) is 0 Å². The number of benzene rings is 1. The van der Waals surface area contributed by atoms with Gasteiger partial charge in [0, 0.05) is 32.6 Å². The molecule has 2 aliphatic rings. The molecule has 0 aliphatic carbocycles. The average molecular weight is 381 g/mol. The van der Waals surface area contributed by atoms with E-state index in [1.165, 1.54) is 12.1 Å². The van der Waals surface area contributed by atoms with E-state index in [2.05, 4.69) is 10.2 Å². The maximum atomic E-state index is 12.8. The Morgan fingerprint density at radius 2 is 1.88 bits per heavy atom. The predicted octanol–water partition coefficient (Wildman–Crippen LogP) is -0.185. The normalized spacial score (nSPS) is 21.8. The van der Waals surface area contributed by atoms with Gasteiger partial charge in [0.2, 0.25) is 11.8 Å². The van der Waals surface area contributed by atoms with Gasteiger partial charge in [-0.3, -0.25) is 14.5 Å². The summed E-state index contributed by atoms with van der Waals surface area (Å²) in [5.74, 6) is -0.967. The van der Waals surface area contributed by atoms with Crippen LogP contribution in [-0.2, 0) is 24.3 Å². The number of morpholine rings is 1. The third kappa shape index (κ3) is 4.05. The van der Waals surface area contributed by atoms with Gasteiger partial charge in [-0.2, -0.15) is 0 Å². The van der Waals surface area contributed by atoms with E-state index < -0.39 is 27.9 Å². The van der Waals surface area contributed by atoms with Crippen molar-refractivity contribution in [3.63, 3.8) is 0 Å². The van der Waals surface area contributed by atoms with E-state index in [0.717, 1.165) is 17.4 Å². The van der Waals surface area contributed by atoms with Crippen LogP contribution in [0.1, 0.15) is 12.8 Å². The third-order valence-electron chi connectivity index (χ3n) is 4.59. The minimum atomic E-state index is -4.03. The lowest BCUT2D eigenvalue weighted by Gasteiger charge is -2.27. The molecule has 1 unspecified atom stereocenters. The average Bonchev–Trinajstić information content (AvgIpc) is 3.06. The molecule has 1 atom stereocenters. The van der Waals surface area contributed by atoms with E-state index in [1.54, 1.807) is 18.2 Å². The first-order valence-corrected chi connectivity index (χ1v) is 10.1. The van der Waals surface area contributed by atoms with E-state index in [0.29, 0.717) is 26.3 Å². The Hall–Kier alpha value is -1.97.